The van der Waals surface area contributed by atoms with Crippen molar-refractivity contribution in [3.63, 3.8) is 0 Å². The summed E-state index contributed by atoms with van der Waals surface area (Å²) in [5.74, 6) is 0.335. The lowest BCUT2D eigenvalue weighted by molar-refractivity contribution is -0.149. The van der Waals surface area contributed by atoms with E-state index in [2.05, 4.69) is 5.32 Å². The van der Waals surface area contributed by atoms with Gasteiger partial charge in [0.05, 0.1) is 11.6 Å². The van der Waals surface area contributed by atoms with E-state index >= 15 is 0 Å². The number of ether oxygens (including phenoxy) is 1. The second-order valence-corrected chi connectivity index (χ2v) is 6.50. The van der Waals surface area contributed by atoms with Crippen molar-refractivity contribution in [1.29, 1.82) is 0 Å². The van der Waals surface area contributed by atoms with Gasteiger partial charge in [-0.25, -0.2) is 0 Å². The van der Waals surface area contributed by atoms with E-state index in [1.807, 2.05) is 52.0 Å². The van der Waals surface area contributed by atoms with Crippen molar-refractivity contribution < 1.29 is 9.53 Å². The quantitative estimate of drug-likeness (QED) is 0.614. The molecule has 0 heterocycles. The summed E-state index contributed by atoms with van der Waals surface area (Å²) in [6, 6.07) is 7.82. The zero-order chi connectivity index (χ0) is 15.2. The summed E-state index contributed by atoms with van der Waals surface area (Å²) < 4.78 is 5.18. The number of hydrogen-bond donors (Lipinski definition) is 1. The SMILES string of the molecule is CCOC(=O)C(C)(CSc1ccccc1Cl)NC(C)C. The molecule has 1 N–H and O–H groups in total. The molecule has 1 aromatic carbocycles. The average Bonchev–Trinajstić information content (AvgIpc) is 2.37. The topological polar surface area (TPSA) is 38.3 Å². The van der Waals surface area contributed by atoms with Crippen LogP contribution in [0.2, 0.25) is 5.02 Å². The van der Waals surface area contributed by atoms with Crippen LogP contribution in [0.1, 0.15) is 27.7 Å². The molecule has 0 fully saturated rings. The maximum atomic E-state index is 12.2. The van der Waals surface area contributed by atoms with Gasteiger partial charge in [-0.1, -0.05) is 23.7 Å². The predicted molar refractivity (Wildman–Crippen MR) is 85.5 cm³/mol. The van der Waals surface area contributed by atoms with Crippen molar-refractivity contribution in [3.8, 4) is 0 Å². The first-order valence-electron chi connectivity index (χ1n) is 6.71. The second-order valence-electron chi connectivity index (χ2n) is 5.07. The molecule has 1 rings (SSSR count). The molecule has 0 bridgehead atoms. The number of carbonyl (C=O) groups is 1. The molecule has 0 aromatic heterocycles. The molecule has 0 aliphatic heterocycles. The smallest absolute Gasteiger partial charge is 0.326 e. The summed E-state index contributed by atoms with van der Waals surface area (Å²) in [6.07, 6.45) is 0. The highest BCUT2D eigenvalue weighted by atomic mass is 35.5. The van der Waals surface area contributed by atoms with Gasteiger partial charge >= 0.3 is 5.97 Å². The number of esters is 1. The van der Waals surface area contributed by atoms with Crippen molar-refractivity contribution in [2.75, 3.05) is 12.4 Å². The van der Waals surface area contributed by atoms with Crippen molar-refractivity contribution in [3.05, 3.63) is 29.3 Å². The molecule has 3 nitrogen and oxygen atoms in total. The van der Waals surface area contributed by atoms with Crippen LogP contribution in [0.5, 0.6) is 0 Å². The lowest BCUT2D eigenvalue weighted by atomic mass is 10.0. The molecule has 0 radical (unpaired) electrons. The van der Waals surface area contributed by atoms with Gasteiger partial charge in [0.25, 0.3) is 0 Å². The first-order chi connectivity index (χ1) is 9.39. The molecule has 0 saturated carbocycles. The Balaban J connectivity index is 2.80. The van der Waals surface area contributed by atoms with E-state index in [0.29, 0.717) is 17.4 Å². The number of thioether (sulfide) groups is 1. The Morgan fingerprint density at radius 3 is 2.65 bits per heavy atom. The Kier molecular flexibility index (Phi) is 6.86. The maximum absolute atomic E-state index is 12.2. The number of hydrogen-bond acceptors (Lipinski definition) is 4. The first kappa shape index (κ1) is 17.3. The van der Waals surface area contributed by atoms with Gasteiger partial charge in [0.2, 0.25) is 0 Å². The Morgan fingerprint density at radius 1 is 1.45 bits per heavy atom. The van der Waals surface area contributed by atoms with Gasteiger partial charge in [-0.3, -0.25) is 10.1 Å². The van der Waals surface area contributed by atoms with Gasteiger partial charge in [-0.15, -0.1) is 11.8 Å². The van der Waals surface area contributed by atoms with Crippen LogP contribution >= 0.6 is 23.4 Å². The third kappa shape index (κ3) is 5.00. The van der Waals surface area contributed by atoms with E-state index in [1.54, 1.807) is 11.8 Å². The maximum Gasteiger partial charge on any atom is 0.326 e. The minimum Gasteiger partial charge on any atom is -0.465 e. The minimum absolute atomic E-state index is 0.191. The molecular weight excluding hydrogens is 294 g/mol. The van der Waals surface area contributed by atoms with E-state index in [9.17, 15) is 4.79 Å². The largest absolute Gasteiger partial charge is 0.465 e. The van der Waals surface area contributed by atoms with Gasteiger partial charge in [-0.05, 0) is 39.8 Å². The zero-order valence-corrected chi connectivity index (χ0v) is 14.0. The lowest BCUT2D eigenvalue weighted by Gasteiger charge is -2.30. The number of halogens is 1. The molecule has 0 spiro atoms. The Bertz CT molecular complexity index is 453. The predicted octanol–water partition coefficient (Wildman–Crippen LogP) is 3.75. The van der Waals surface area contributed by atoms with Gasteiger partial charge in [0.15, 0.2) is 0 Å². The fourth-order valence-corrected chi connectivity index (χ4v) is 3.20. The number of nitrogens with one attached hydrogen (secondary N) is 1. The van der Waals surface area contributed by atoms with Gasteiger partial charge in [-0.2, -0.15) is 0 Å². The van der Waals surface area contributed by atoms with Crippen LogP contribution in [0.25, 0.3) is 0 Å². The molecule has 1 atom stereocenters. The molecule has 112 valence electrons. The van der Waals surface area contributed by atoms with Gasteiger partial charge < -0.3 is 4.74 Å². The van der Waals surface area contributed by atoms with Crippen molar-refractivity contribution in [2.45, 2.75) is 44.2 Å². The van der Waals surface area contributed by atoms with Crippen LogP contribution in [0, 0.1) is 0 Å². The highest BCUT2D eigenvalue weighted by Crippen LogP contribution is 2.29. The average molecular weight is 316 g/mol. The molecule has 0 aliphatic carbocycles. The van der Waals surface area contributed by atoms with Crippen molar-refractivity contribution >= 4 is 29.3 Å². The van der Waals surface area contributed by atoms with Crippen molar-refractivity contribution in [1.82, 2.24) is 5.32 Å². The monoisotopic (exact) mass is 315 g/mol. The summed E-state index contributed by atoms with van der Waals surface area (Å²) in [5, 5.41) is 3.99. The molecular formula is C15H22ClNO2S. The highest BCUT2D eigenvalue weighted by molar-refractivity contribution is 7.99. The molecule has 0 aliphatic rings. The normalized spacial score (nSPS) is 14.1. The second kappa shape index (κ2) is 7.91. The van der Waals surface area contributed by atoms with Crippen LogP contribution in [0.4, 0.5) is 0 Å². The van der Waals surface area contributed by atoms with Gasteiger partial charge in [0.1, 0.15) is 5.54 Å². The summed E-state index contributed by atoms with van der Waals surface area (Å²) in [7, 11) is 0. The Labute approximate surface area is 130 Å². The Hall–Kier alpha value is -0.710. The zero-order valence-electron chi connectivity index (χ0n) is 12.4. The van der Waals surface area contributed by atoms with Crippen LogP contribution in [-0.2, 0) is 9.53 Å². The number of benzene rings is 1. The molecule has 0 saturated heterocycles. The molecule has 5 heteroatoms. The fourth-order valence-electron chi connectivity index (χ4n) is 1.87. The van der Waals surface area contributed by atoms with E-state index in [-0.39, 0.29) is 12.0 Å². The number of rotatable bonds is 7. The first-order valence-corrected chi connectivity index (χ1v) is 8.07. The molecule has 0 amide bonds. The fraction of sp³-hybridized carbons (Fsp3) is 0.533. The summed E-state index contributed by atoms with van der Waals surface area (Å²) in [6.45, 7) is 8.09. The number of carbonyl (C=O) groups excluding carboxylic acids is 1. The van der Waals surface area contributed by atoms with E-state index in [1.165, 1.54) is 0 Å². The van der Waals surface area contributed by atoms with Crippen LogP contribution in [-0.4, -0.2) is 29.9 Å². The van der Waals surface area contributed by atoms with Gasteiger partial charge in [0, 0.05) is 16.7 Å². The van der Waals surface area contributed by atoms with Crippen LogP contribution < -0.4 is 5.32 Å². The van der Waals surface area contributed by atoms with Crippen LogP contribution in [0.3, 0.4) is 0 Å². The minimum atomic E-state index is -0.728. The van der Waals surface area contributed by atoms with E-state index < -0.39 is 5.54 Å². The third-order valence-corrected chi connectivity index (χ3v) is 4.52. The summed E-state index contributed by atoms with van der Waals surface area (Å²) in [4.78, 5) is 13.1. The summed E-state index contributed by atoms with van der Waals surface area (Å²) >= 11 is 7.70. The lowest BCUT2D eigenvalue weighted by Crippen LogP contribution is -2.55. The molecule has 1 unspecified atom stereocenters. The van der Waals surface area contributed by atoms with E-state index in [0.717, 1.165) is 4.90 Å². The molecule has 1 aromatic rings. The molecule has 20 heavy (non-hydrogen) atoms. The van der Waals surface area contributed by atoms with Crippen molar-refractivity contribution in [2.24, 2.45) is 0 Å². The van der Waals surface area contributed by atoms with Crippen LogP contribution in [0.15, 0.2) is 29.2 Å². The summed E-state index contributed by atoms with van der Waals surface area (Å²) in [5.41, 5.74) is -0.728. The highest BCUT2D eigenvalue weighted by Gasteiger charge is 2.35. The third-order valence-electron chi connectivity index (χ3n) is 2.69. The Morgan fingerprint density at radius 2 is 2.10 bits per heavy atom. The van der Waals surface area contributed by atoms with E-state index in [4.69, 9.17) is 16.3 Å². The standard InChI is InChI=1S/C15H22ClNO2S/c1-5-19-14(18)15(4,17-11(2)3)10-20-13-9-7-6-8-12(13)16/h6-9,11,17H,5,10H2,1-4H3.